The molecule has 0 aromatic heterocycles. The molecule has 1 saturated heterocycles. The number of carbonyl (C=O) groups excluding carboxylic acids is 1. The molecule has 2 atom stereocenters. The van der Waals surface area contributed by atoms with Crippen LogP contribution in [-0.4, -0.2) is 36.1 Å². The Bertz CT molecular complexity index is 482. The van der Waals surface area contributed by atoms with Crippen LogP contribution >= 0.6 is 0 Å². The lowest BCUT2D eigenvalue weighted by Crippen LogP contribution is -2.32. The molecule has 1 heterocycles. The van der Waals surface area contributed by atoms with Crippen molar-refractivity contribution in [2.24, 2.45) is 5.73 Å². The third-order valence-electron chi connectivity index (χ3n) is 4.58. The van der Waals surface area contributed by atoms with Gasteiger partial charge in [-0.25, -0.2) is 4.79 Å². The molecule has 0 radical (unpaired) electrons. The van der Waals surface area contributed by atoms with E-state index in [1.54, 1.807) is 0 Å². The van der Waals surface area contributed by atoms with E-state index >= 15 is 0 Å². The number of aliphatic hydroxyl groups excluding tert-OH is 1. The average Bonchev–Trinajstić information content (AvgIpc) is 2.64. The van der Waals surface area contributed by atoms with Crippen LogP contribution in [0.5, 0.6) is 0 Å². The fraction of sp³-hybridized carbons (Fsp3) is 0.650. The van der Waals surface area contributed by atoms with Crippen molar-refractivity contribution in [2.45, 2.75) is 76.2 Å². The summed E-state index contributed by atoms with van der Waals surface area (Å²) in [6.07, 6.45) is 8.02. The van der Waals surface area contributed by atoms with Crippen LogP contribution in [0.3, 0.4) is 0 Å². The molecule has 0 amide bonds. The largest absolute Gasteiger partial charge is 0.434 e. The second-order valence-corrected chi connectivity index (χ2v) is 6.84. The molecule has 1 aliphatic carbocycles. The topological polar surface area (TPSA) is 81.8 Å². The first-order valence-electron chi connectivity index (χ1n) is 9.45. The lowest BCUT2D eigenvalue weighted by atomic mass is 9.97. The molecule has 1 saturated carbocycles. The summed E-state index contributed by atoms with van der Waals surface area (Å²) in [4.78, 5) is 11.7. The maximum absolute atomic E-state index is 11.7. The van der Waals surface area contributed by atoms with E-state index in [1.807, 2.05) is 30.3 Å². The summed E-state index contributed by atoms with van der Waals surface area (Å²) < 4.78 is 10.4. The summed E-state index contributed by atoms with van der Waals surface area (Å²) in [6, 6.07) is 9.91. The van der Waals surface area contributed by atoms with Crippen molar-refractivity contribution in [1.82, 2.24) is 0 Å². The molecule has 3 N–H and O–H groups in total. The second-order valence-electron chi connectivity index (χ2n) is 6.84. The molecule has 1 aliphatic heterocycles. The van der Waals surface area contributed by atoms with Crippen LogP contribution in [0.2, 0.25) is 0 Å². The highest BCUT2D eigenvalue weighted by molar-refractivity contribution is 5.74. The van der Waals surface area contributed by atoms with Gasteiger partial charge in [0.15, 0.2) is 6.10 Å². The predicted octanol–water partition coefficient (Wildman–Crippen LogP) is 2.94. The Kier molecular flexibility index (Phi) is 8.94. The lowest BCUT2D eigenvalue weighted by Gasteiger charge is -2.23. The SMILES string of the molecule is NC1CCCCC1.O=C(OC1CCCCO1)[C@H](O)Cc1ccccc1. The molecule has 5 heteroatoms. The maximum atomic E-state index is 11.7. The molecule has 0 spiro atoms. The van der Waals surface area contributed by atoms with Gasteiger partial charge in [0, 0.05) is 18.9 Å². The van der Waals surface area contributed by atoms with Gasteiger partial charge < -0.3 is 20.3 Å². The van der Waals surface area contributed by atoms with Crippen molar-refractivity contribution in [3.63, 3.8) is 0 Å². The van der Waals surface area contributed by atoms with E-state index < -0.39 is 18.4 Å². The standard InChI is InChI=1S/C14H18O4.C6H13N/c15-12(10-11-6-2-1-3-7-11)14(16)18-13-8-4-5-9-17-13;7-6-4-2-1-3-5-6/h1-3,6-7,12-13,15H,4-5,8-10H2;6H,1-5,7H2/t12-,13?;/m1./s1. The number of rotatable bonds is 4. The molecular formula is C20H31NO4. The first-order valence-corrected chi connectivity index (χ1v) is 9.45. The quantitative estimate of drug-likeness (QED) is 0.817. The number of nitrogens with two attached hydrogens (primary N) is 1. The van der Waals surface area contributed by atoms with Crippen LogP contribution in [0, 0.1) is 0 Å². The fourth-order valence-corrected chi connectivity index (χ4v) is 3.07. The molecular weight excluding hydrogens is 318 g/mol. The Balaban J connectivity index is 0.000000269. The zero-order valence-corrected chi connectivity index (χ0v) is 14.9. The monoisotopic (exact) mass is 349 g/mol. The van der Waals surface area contributed by atoms with Gasteiger partial charge in [0.2, 0.25) is 6.29 Å². The zero-order valence-electron chi connectivity index (χ0n) is 14.9. The van der Waals surface area contributed by atoms with Crippen LogP contribution < -0.4 is 5.73 Å². The van der Waals surface area contributed by atoms with Crippen LogP contribution in [-0.2, 0) is 20.7 Å². The summed E-state index contributed by atoms with van der Waals surface area (Å²) in [5.74, 6) is -0.606. The van der Waals surface area contributed by atoms with Crippen molar-refractivity contribution in [3.05, 3.63) is 35.9 Å². The van der Waals surface area contributed by atoms with Gasteiger partial charge in [0.1, 0.15) is 0 Å². The minimum absolute atomic E-state index is 0.270. The van der Waals surface area contributed by atoms with Crippen molar-refractivity contribution in [3.8, 4) is 0 Å². The fourth-order valence-electron chi connectivity index (χ4n) is 3.07. The molecule has 0 bridgehead atoms. The van der Waals surface area contributed by atoms with E-state index in [9.17, 15) is 9.90 Å². The van der Waals surface area contributed by atoms with E-state index in [0.29, 0.717) is 19.1 Å². The second kappa shape index (κ2) is 11.2. The van der Waals surface area contributed by atoms with Crippen LogP contribution in [0.4, 0.5) is 0 Å². The molecule has 5 nitrogen and oxygen atoms in total. The van der Waals surface area contributed by atoms with E-state index in [2.05, 4.69) is 0 Å². The van der Waals surface area contributed by atoms with Crippen molar-refractivity contribution >= 4 is 5.97 Å². The van der Waals surface area contributed by atoms with Crippen molar-refractivity contribution in [2.75, 3.05) is 6.61 Å². The van der Waals surface area contributed by atoms with E-state index in [-0.39, 0.29) is 6.42 Å². The Labute approximate surface area is 150 Å². The summed E-state index contributed by atoms with van der Waals surface area (Å²) in [6.45, 7) is 0.618. The molecule has 140 valence electrons. The number of hydrogen-bond donors (Lipinski definition) is 2. The van der Waals surface area contributed by atoms with Gasteiger partial charge in [-0.15, -0.1) is 0 Å². The highest BCUT2D eigenvalue weighted by Gasteiger charge is 2.23. The number of esters is 1. The summed E-state index contributed by atoms with van der Waals surface area (Å²) in [5, 5.41) is 9.77. The predicted molar refractivity (Wildman–Crippen MR) is 96.9 cm³/mol. The summed E-state index contributed by atoms with van der Waals surface area (Å²) in [5.41, 5.74) is 6.54. The molecule has 2 fully saturated rings. The molecule has 2 aliphatic rings. The third kappa shape index (κ3) is 7.99. The Morgan fingerprint density at radius 1 is 1.12 bits per heavy atom. The molecule has 3 rings (SSSR count). The van der Waals surface area contributed by atoms with Gasteiger partial charge in [-0.1, -0.05) is 49.6 Å². The Hall–Kier alpha value is -1.43. The summed E-state index contributed by atoms with van der Waals surface area (Å²) >= 11 is 0. The molecule has 25 heavy (non-hydrogen) atoms. The van der Waals surface area contributed by atoms with Gasteiger partial charge in [0.05, 0.1) is 6.61 Å². The first-order chi connectivity index (χ1) is 12.1. The maximum Gasteiger partial charge on any atom is 0.337 e. The normalized spacial score (nSPS) is 22.4. The van der Waals surface area contributed by atoms with Crippen molar-refractivity contribution < 1.29 is 19.4 Å². The first kappa shape index (κ1) is 19.9. The zero-order chi connectivity index (χ0) is 17.9. The number of hydrogen-bond acceptors (Lipinski definition) is 5. The van der Waals surface area contributed by atoms with Crippen LogP contribution in [0.25, 0.3) is 0 Å². The highest BCUT2D eigenvalue weighted by Crippen LogP contribution is 2.15. The van der Waals surface area contributed by atoms with Gasteiger partial charge in [-0.3, -0.25) is 0 Å². The number of carbonyl (C=O) groups is 1. The van der Waals surface area contributed by atoms with E-state index in [1.165, 1.54) is 32.1 Å². The van der Waals surface area contributed by atoms with Gasteiger partial charge in [-0.05, 0) is 31.2 Å². The molecule has 1 unspecified atom stereocenters. The highest BCUT2D eigenvalue weighted by atomic mass is 16.7. The minimum Gasteiger partial charge on any atom is -0.434 e. The van der Waals surface area contributed by atoms with E-state index in [0.717, 1.165) is 18.4 Å². The minimum atomic E-state index is -1.13. The number of benzene rings is 1. The Morgan fingerprint density at radius 2 is 1.80 bits per heavy atom. The van der Waals surface area contributed by atoms with Gasteiger partial charge in [0.25, 0.3) is 0 Å². The molecule has 1 aromatic rings. The Morgan fingerprint density at radius 3 is 2.36 bits per heavy atom. The van der Waals surface area contributed by atoms with Crippen LogP contribution in [0.15, 0.2) is 30.3 Å². The third-order valence-corrected chi connectivity index (χ3v) is 4.58. The van der Waals surface area contributed by atoms with Crippen LogP contribution in [0.1, 0.15) is 56.9 Å². The smallest absolute Gasteiger partial charge is 0.337 e. The molecule has 1 aromatic carbocycles. The lowest BCUT2D eigenvalue weighted by molar-refractivity contribution is -0.194. The van der Waals surface area contributed by atoms with Crippen molar-refractivity contribution in [1.29, 1.82) is 0 Å². The van der Waals surface area contributed by atoms with E-state index in [4.69, 9.17) is 15.2 Å². The van der Waals surface area contributed by atoms with Gasteiger partial charge >= 0.3 is 5.97 Å². The van der Waals surface area contributed by atoms with Gasteiger partial charge in [-0.2, -0.15) is 0 Å². The number of aliphatic hydroxyl groups is 1. The number of ether oxygens (including phenoxy) is 2. The summed E-state index contributed by atoms with van der Waals surface area (Å²) in [7, 11) is 0. The average molecular weight is 349 g/mol.